The zero-order chi connectivity index (χ0) is 27.8. The molecule has 0 aliphatic rings. The van der Waals surface area contributed by atoms with E-state index in [9.17, 15) is 14.7 Å². The molecule has 0 radical (unpaired) electrons. The van der Waals surface area contributed by atoms with Crippen LogP contribution in [0, 0.1) is 0 Å². The van der Waals surface area contributed by atoms with Gasteiger partial charge >= 0.3 is 5.97 Å². The Balaban J connectivity index is 1.40. The van der Waals surface area contributed by atoms with E-state index in [2.05, 4.69) is 16.0 Å². The molecule has 39 heavy (non-hydrogen) atoms. The molecule has 1 atom stereocenters. The number of carbonyl (C=O) groups excluding carboxylic acids is 1. The van der Waals surface area contributed by atoms with Gasteiger partial charge < -0.3 is 25.8 Å². The van der Waals surface area contributed by atoms with Gasteiger partial charge in [0.15, 0.2) is 5.11 Å². The minimum atomic E-state index is -1.15. The third kappa shape index (κ3) is 7.34. The van der Waals surface area contributed by atoms with Gasteiger partial charge in [0.2, 0.25) is 0 Å². The zero-order valence-corrected chi connectivity index (χ0v) is 22.6. The van der Waals surface area contributed by atoms with Gasteiger partial charge in [-0.15, -0.1) is 0 Å². The van der Waals surface area contributed by atoms with E-state index in [-0.39, 0.29) is 17.0 Å². The summed E-state index contributed by atoms with van der Waals surface area (Å²) >= 11 is 11.7. The number of hydrogen-bond donors (Lipinski definition) is 4. The third-order valence-corrected chi connectivity index (χ3v) is 6.44. The van der Waals surface area contributed by atoms with Crippen molar-refractivity contribution in [2.24, 2.45) is 0 Å². The number of amides is 1. The summed E-state index contributed by atoms with van der Waals surface area (Å²) in [4.78, 5) is 24.9. The number of ether oxygens (including phenoxy) is 1. The van der Waals surface area contributed by atoms with Gasteiger partial charge in [-0.3, -0.25) is 4.79 Å². The quantitative estimate of drug-likeness (QED) is 0.180. The first kappa shape index (κ1) is 27.6. The van der Waals surface area contributed by atoms with Crippen LogP contribution in [0.2, 0.25) is 5.02 Å². The summed E-state index contributed by atoms with van der Waals surface area (Å²) in [7, 11) is 1.61. The number of halogens is 1. The van der Waals surface area contributed by atoms with Crippen LogP contribution in [-0.2, 0) is 11.2 Å². The van der Waals surface area contributed by atoms with Gasteiger partial charge in [-0.05, 0) is 59.7 Å². The van der Waals surface area contributed by atoms with Crippen molar-refractivity contribution < 1.29 is 19.4 Å². The summed E-state index contributed by atoms with van der Waals surface area (Å²) in [5, 5.41) is 18.9. The lowest BCUT2D eigenvalue weighted by Crippen LogP contribution is -2.42. The predicted octanol–water partition coefficient (Wildman–Crippen LogP) is 6.25. The van der Waals surface area contributed by atoms with Crippen LogP contribution in [0.3, 0.4) is 0 Å². The molecule has 0 spiro atoms. The number of rotatable bonds is 9. The van der Waals surface area contributed by atoms with Crippen LogP contribution >= 0.6 is 23.8 Å². The molecular formula is C30H26ClN3O4S. The van der Waals surface area contributed by atoms with Crippen molar-refractivity contribution in [2.45, 2.75) is 12.5 Å². The Hall–Kier alpha value is -4.40. The molecule has 0 aliphatic carbocycles. The molecule has 7 nitrogen and oxygen atoms in total. The molecule has 4 N–H and O–H groups in total. The Labute approximate surface area is 236 Å². The van der Waals surface area contributed by atoms with Gasteiger partial charge in [0, 0.05) is 23.4 Å². The summed E-state index contributed by atoms with van der Waals surface area (Å²) in [5.74, 6) is -0.994. The van der Waals surface area contributed by atoms with Gasteiger partial charge in [0.05, 0.1) is 17.7 Å². The Morgan fingerprint density at radius 2 is 1.56 bits per heavy atom. The number of carboxylic acid groups (broad SMARTS) is 1. The number of methoxy groups -OCH3 is 1. The maximum Gasteiger partial charge on any atom is 0.326 e. The van der Waals surface area contributed by atoms with Gasteiger partial charge in [0.1, 0.15) is 11.8 Å². The minimum Gasteiger partial charge on any atom is -0.496 e. The second kappa shape index (κ2) is 12.9. The standard InChI is InChI=1S/C30H26ClN3O4S/c1-38-27-10-6-5-9-23(27)20-13-11-19(12-14-20)17-26(29(36)37)34-28(35)24-16-15-22(18-25(24)31)33-30(39)32-21-7-3-2-4-8-21/h2-16,18,26H,17H2,1H3,(H,34,35)(H,36,37)(H2,32,33,39)/t26-/m0/s1. The van der Waals surface area contributed by atoms with Crippen molar-refractivity contribution in [3.63, 3.8) is 0 Å². The Morgan fingerprint density at radius 3 is 2.23 bits per heavy atom. The monoisotopic (exact) mass is 559 g/mol. The molecule has 1 amide bonds. The predicted molar refractivity (Wildman–Crippen MR) is 159 cm³/mol. The molecule has 9 heteroatoms. The number of anilines is 2. The van der Waals surface area contributed by atoms with Crippen molar-refractivity contribution in [3.8, 4) is 16.9 Å². The van der Waals surface area contributed by atoms with E-state index in [1.807, 2.05) is 78.9 Å². The highest BCUT2D eigenvalue weighted by Crippen LogP contribution is 2.29. The molecule has 4 rings (SSSR count). The van der Waals surface area contributed by atoms with Crippen LogP contribution in [0.15, 0.2) is 97.1 Å². The van der Waals surface area contributed by atoms with Crippen LogP contribution in [0.25, 0.3) is 11.1 Å². The lowest BCUT2D eigenvalue weighted by Gasteiger charge is -2.16. The number of hydrogen-bond acceptors (Lipinski definition) is 4. The van der Waals surface area contributed by atoms with E-state index in [0.717, 1.165) is 28.1 Å². The van der Waals surface area contributed by atoms with E-state index < -0.39 is 17.9 Å². The fourth-order valence-corrected chi connectivity index (χ4v) is 4.47. The molecule has 4 aromatic carbocycles. The SMILES string of the molecule is COc1ccccc1-c1ccc(C[C@H](NC(=O)c2ccc(NC(=S)Nc3ccccc3)cc2Cl)C(=O)O)cc1. The fourth-order valence-electron chi connectivity index (χ4n) is 3.97. The lowest BCUT2D eigenvalue weighted by atomic mass is 10.00. The average molecular weight is 560 g/mol. The summed E-state index contributed by atoms with van der Waals surface area (Å²) in [6.07, 6.45) is 0.101. The Kier molecular flexibility index (Phi) is 9.14. The first-order valence-corrected chi connectivity index (χ1v) is 12.8. The number of aliphatic carboxylic acids is 1. The summed E-state index contributed by atoms with van der Waals surface area (Å²) < 4.78 is 5.42. The minimum absolute atomic E-state index is 0.101. The molecule has 0 aliphatic heterocycles. The third-order valence-electron chi connectivity index (χ3n) is 5.92. The average Bonchev–Trinajstić information content (AvgIpc) is 2.93. The van der Waals surface area contributed by atoms with Crippen molar-refractivity contribution in [3.05, 3.63) is 113 Å². The number of nitrogens with one attached hydrogen (secondary N) is 3. The number of carbonyl (C=O) groups is 2. The van der Waals surface area contributed by atoms with Crippen LogP contribution in [0.5, 0.6) is 5.75 Å². The largest absolute Gasteiger partial charge is 0.496 e. The van der Waals surface area contributed by atoms with E-state index >= 15 is 0 Å². The van der Waals surface area contributed by atoms with Crippen molar-refractivity contribution >= 4 is 52.2 Å². The van der Waals surface area contributed by atoms with Gasteiger partial charge in [-0.2, -0.15) is 0 Å². The summed E-state index contributed by atoms with van der Waals surface area (Å²) in [6.45, 7) is 0. The molecule has 198 valence electrons. The zero-order valence-electron chi connectivity index (χ0n) is 21.0. The molecule has 0 heterocycles. The normalized spacial score (nSPS) is 11.2. The van der Waals surface area contributed by atoms with Crippen LogP contribution in [-0.4, -0.2) is 35.2 Å². The summed E-state index contributed by atoms with van der Waals surface area (Å²) in [5.41, 5.74) is 4.18. The van der Waals surface area contributed by atoms with Crippen molar-refractivity contribution in [2.75, 3.05) is 17.7 Å². The molecule has 0 unspecified atom stereocenters. The van der Waals surface area contributed by atoms with E-state index in [1.165, 1.54) is 6.07 Å². The first-order valence-electron chi connectivity index (χ1n) is 12.0. The topological polar surface area (TPSA) is 99.7 Å². The molecule has 0 fully saturated rings. The first-order chi connectivity index (χ1) is 18.8. The van der Waals surface area contributed by atoms with E-state index in [4.69, 9.17) is 28.6 Å². The number of thiocarbonyl (C=S) groups is 1. The van der Waals surface area contributed by atoms with Gasteiger partial charge in [0.25, 0.3) is 5.91 Å². The van der Waals surface area contributed by atoms with Crippen molar-refractivity contribution in [1.29, 1.82) is 0 Å². The van der Waals surface area contributed by atoms with Crippen LogP contribution < -0.4 is 20.7 Å². The molecule has 0 bridgehead atoms. The van der Waals surface area contributed by atoms with Crippen LogP contribution in [0.1, 0.15) is 15.9 Å². The van der Waals surface area contributed by atoms with E-state index in [0.29, 0.717) is 10.8 Å². The highest BCUT2D eigenvalue weighted by atomic mass is 35.5. The Bertz CT molecular complexity index is 1480. The Morgan fingerprint density at radius 1 is 0.897 bits per heavy atom. The number of benzene rings is 4. The van der Waals surface area contributed by atoms with Crippen LogP contribution in [0.4, 0.5) is 11.4 Å². The second-order valence-corrected chi connectivity index (χ2v) is 9.42. The lowest BCUT2D eigenvalue weighted by molar-refractivity contribution is -0.139. The molecule has 0 saturated heterocycles. The van der Waals surface area contributed by atoms with Gasteiger partial charge in [-0.1, -0.05) is 72.3 Å². The summed E-state index contributed by atoms with van der Waals surface area (Å²) in [6, 6.07) is 28.1. The highest BCUT2D eigenvalue weighted by Gasteiger charge is 2.22. The molecule has 0 aromatic heterocycles. The van der Waals surface area contributed by atoms with Crippen molar-refractivity contribution in [1.82, 2.24) is 5.32 Å². The smallest absolute Gasteiger partial charge is 0.326 e. The number of para-hydroxylation sites is 2. The molecule has 4 aromatic rings. The second-order valence-electron chi connectivity index (χ2n) is 8.61. The van der Waals surface area contributed by atoms with E-state index in [1.54, 1.807) is 19.2 Å². The molecule has 0 saturated carbocycles. The maximum absolute atomic E-state index is 12.9. The van der Waals surface area contributed by atoms with Gasteiger partial charge in [-0.25, -0.2) is 4.79 Å². The highest BCUT2D eigenvalue weighted by molar-refractivity contribution is 7.80. The fraction of sp³-hybridized carbons (Fsp3) is 0.100. The number of carboxylic acids is 1. The molecular weight excluding hydrogens is 534 g/mol. The maximum atomic E-state index is 12.9.